The van der Waals surface area contributed by atoms with Gasteiger partial charge in [0.25, 0.3) is 0 Å². The minimum Gasteiger partial charge on any atom is -0.344 e. The fourth-order valence-electron chi connectivity index (χ4n) is 2.87. The maximum atomic E-state index is 12.4. The van der Waals surface area contributed by atoms with Crippen LogP contribution in [0.15, 0.2) is 0 Å². The molecule has 0 bridgehead atoms. The number of hydrogen-bond acceptors (Lipinski definition) is 4. The van der Waals surface area contributed by atoms with Gasteiger partial charge >= 0.3 is 0 Å². The highest BCUT2D eigenvalue weighted by Gasteiger charge is 2.36. The molecule has 1 N–H and O–H groups in total. The first-order valence-corrected chi connectivity index (χ1v) is 8.95. The molecule has 0 radical (unpaired) electrons. The van der Waals surface area contributed by atoms with E-state index < -0.39 is 21.1 Å². The summed E-state index contributed by atoms with van der Waals surface area (Å²) in [5.74, 6) is -0.0525. The zero-order chi connectivity index (χ0) is 14.8. The molecule has 2 unspecified atom stereocenters. The van der Waals surface area contributed by atoms with Crippen LogP contribution in [-0.4, -0.2) is 55.3 Å². The number of carbonyl (C=O) groups is 2. The Balaban J connectivity index is 2.09. The molecule has 0 aromatic heterocycles. The molecule has 2 rings (SSSR count). The van der Waals surface area contributed by atoms with E-state index >= 15 is 0 Å². The highest BCUT2D eigenvalue weighted by atomic mass is 32.2. The molecule has 2 atom stereocenters. The van der Waals surface area contributed by atoms with Gasteiger partial charge in [0.05, 0.1) is 11.0 Å². The monoisotopic (exact) mass is 302 g/mol. The van der Waals surface area contributed by atoms with E-state index in [0.717, 1.165) is 6.42 Å². The molecule has 2 aliphatic rings. The molecule has 2 heterocycles. The SMILES string of the molecule is CCCC1NC(=O)CCN(CC2CCCS2(=O)=O)C1=O. The van der Waals surface area contributed by atoms with Gasteiger partial charge in [0, 0.05) is 19.5 Å². The van der Waals surface area contributed by atoms with Crippen LogP contribution in [0.4, 0.5) is 0 Å². The van der Waals surface area contributed by atoms with Crippen LogP contribution in [0, 0.1) is 0 Å². The van der Waals surface area contributed by atoms with Gasteiger partial charge in [-0.1, -0.05) is 13.3 Å². The maximum Gasteiger partial charge on any atom is 0.245 e. The van der Waals surface area contributed by atoms with Crippen molar-refractivity contribution in [1.29, 1.82) is 0 Å². The van der Waals surface area contributed by atoms with Gasteiger partial charge in [-0.3, -0.25) is 9.59 Å². The first-order chi connectivity index (χ1) is 9.44. The molecule has 20 heavy (non-hydrogen) atoms. The quantitative estimate of drug-likeness (QED) is 0.797. The van der Waals surface area contributed by atoms with Crippen LogP contribution >= 0.6 is 0 Å². The van der Waals surface area contributed by atoms with E-state index in [2.05, 4.69) is 5.32 Å². The molecule has 7 heteroatoms. The lowest BCUT2D eigenvalue weighted by atomic mass is 10.1. The van der Waals surface area contributed by atoms with E-state index in [1.54, 1.807) is 4.90 Å². The molecule has 0 saturated carbocycles. The fraction of sp³-hybridized carbons (Fsp3) is 0.846. The Kier molecular flexibility index (Phi) is 4.67. The smallest absolute Gasteiger partial charge is 0.245 e. The van der Waals surface area contributed by atoms with Crippen molar-refractivity contribution < 1.29 is 18.0 Å². The Bertz CT molecular complexity index is 489. The third-order valence-corrected chi connectivity index (χ3v) is 6.28. The molecule has 6 nitrogen and oxygen atoms in total. The first-order valence-electron chi connectivity index (χ1n) is 7.23. The van der Waals surface area contributed by atoms with E-state index in [1.165, 1.54) is 0 Å². The van der Waals surface area contributed by atoms with Gasteiger partial charge in [-0.15, -0.1) is 0 Å². The minimum atomic E-state index is -3.06. The van der Waals surface area contributed by atoms with Gasteiger partial charge < -0.3 is 10.2 Å². The standard InChI is InChI=1S/C13H22N2O4S/c1-2-4-11-13(17)15(7-6-12(16)14-11)9-10-5-3-8-20(10,18)19/h10-11H,2-9H2,1H3,(H,14,16). The summed E-state index contributed by atoms with van der Waals surface area (Å²) in [6.45, 7) is 2.50. The second kappa shape index (κ2) is 6.11. The molecule has 0 aromatic carbocycles. The Morgan fingerprint density at radius 3 is 2.70 bits per heavy atom. The summed E-state index contributed by atoms with van der Waals surface area (Å²) in [5, 5.41) is 2.27. The van der Waals surface area contributed by atoms with Crippen LogP contribution in [0.5, 0.6) is 0 Å². The Labute approximate surface area is 119 Å². The zero-order valence-corrected chi connectivity index (χ0v) is 12.6. The van der Waals surface area contributed by atoms with Gasteiger partial charge in [-0.05, 0) is 19.3 Å². The van der Waals surface area contributed by atoms with Crippen molar-refractivity contribution in [3.8, 4) is 0 Å². The molecule has 2 amide bonds. The largest absolute Gasteiger partial charge is 0.344 e. The molecular weight excluding hydrogens is 280 g/mol. The Hall–Kier alpha value is -1.11. The summed E-state index contributed by atoms with van der Waals surface area (Å²) in [7, 11) is -3.06. The van der Waals surface area contributed by atoms with Crippen molar-refractivity contribution in [2.24, 2.45) is 0 Å². The van der Waals surface area contributed by atoms with Gasteiger partial charge in [0.2, 0.25) is 11.8 Å². The van der Waals surface area contributed by atoms with Gasteiger partial charge in [0.1, 0.15) is 6.04 Å². The van der Waals surface area contributed by atoms with E-state index in [9.17, 15) is 18.0 Å². The van der Waals surface area contributed by atoms with Gasteiger partial charge in [-0.2, -0.15) is 0 Å². The normalized spacial score (nSPS) is 30.1. The minimum absolute atomic E-state index is 0.131. The lowest BCUT2D eigenvalue weighted by Gasteiger charge is -2.26. The predicted molar refractivity (Wildman–Crippen MR) is 74.8 cm³/mol. The van der Waals surface area contributed by atoms with Crippen molar-refractivity contribution >= 4 is 21.7 Å². The lowest BCUT2D eigenvalue weighted by Crippen LogP contribution is -2.47. The molecule has 0 aromatic rings. The topological polar surface area (TPSA) is 83.6 Å². The van der Waals surface area contributed by atoms with Crippen LogP contribution in [0.25, 0.3) is 0 Å². The second-order valence-electron chi connectivity index (χ2n) is 5.57. The molecule has 114 valence electrons. The van der Waals surface area contributed by atoms with Gasteiger partial charge in [0.15, 0.2) is 9.84 Å². The summed E-state index contributed by atoms with van der Waals surface area (Å²) in [6.07, 6.45) is 2.93. The fourth-order valence-corrected chi connectivity index (χ4v) is 4.71. The third-order valence-electron chi connectivity index (χ3n) is 4.02. The number of rotatable bonds is 4. The number of sulfone groups is 1. The number of nitrogens with zero attached hydrogens (tertiary/aromatic N) is 1. The van der Waals surface area contributed by atoms with Crippen LogP contribution in [0.1, 0.15) is 39.0 Å². The van der Waals surface area contributed by atoms with E-state index in [1.807, 2.05) is 6.92 Å². The average Bonchev–Trinajstić information content (AvgIpc) is 2.65. The van der Waals surface area contributed by atoms with Crippen molar-refractivity contribution in [2.45, 2.75) is 50.3 Å². The number of nitrogens with one attached hydrogen (secondary N) is 1. The molecule has 2 fully saturated rings. The summed E-state index contributed by atoms with van der Waals surface area (Å²) in [5.41, 5.74) is 0. The predicted octanol–water partition coefficient (Wildman–Crippen LogP) is 0.0808. The number of hydrogen-bond donors (Lipinski definition) is 1. The van der Waals surface area contributed by atoms with Crippen LogP contribution in [0.2, 0.25) is 0 Å². The Morgan fingerprint density at radius 2 is 2.10 bits per heavy atom. The highest BCUT2D eigenvalue weighted by molar-refractivity contribution is 7.92. The van der Waals surface area contributed by atoms with Crippen molar-refractivity contribution in [3.05, 3.63) is 0 Å². The van der Waals surface area contributed by atoms with Crippen molar-refractivity contribution in [3.63, 3.8) is 0 Å². The first kappa shape index (κ1) is 15.3. The summed E-state index contributed by atoms with van der Waals surface area (Å²) in [6, 6.07) is -0.501. The van der Waals surface area contributed by atoms with E-state index in [4.69, 9.17) is 0 Å². The molecular formula is C13H22N2O4S. The number of carbonyl (C=O) groups excluding carboxylic acids is 2. The van der Waals surface area contributed by atoms with Crippen LogP contribution in [0.3, 0.4) is 0 Å². The number of amides is 2. The average molecular weight is 302 g/mol. The zero-order valence-electron chi connectivity index (χ0n) is 11.8. The molecule has 2 saturated heterocycles. The Morgan fingerprint density at radius 1 is 1.35 bits per heavy atom. The lowest BCUT2D eigenvalue weighted by molar-refractivity contribution is -0.133. The highest BCUT2D eigenvalue weighted by Crippen LogP contribution is 2.22. The maximum absolute atomic E-state index is 12.4. The van der Waals surface area contributed by atoms with E-state index in [-0.39, 0.29) is 30.5 Å². The van der Waals surface area contributed by atoms with Crippen molar-refractivity contribution in [1.82, 2.24) is 10.2 Å². The summed E-state index contributed by atoms with van der Waals surface area (Å²) in [4.78, 5) is 25.6. The van der Waals surface area contributed by atoms with Crippen LogP contribution < -0.4 is 5.32 Å². The third kappa shape index (κ3) is 3.31. The van der Waals surface area contributed by atoms with E-state index in [0.29, 0.717) is 25.8 Å². The summed E-state index contributed by atoms with van der Waals surface area (Å²) >= 11 is 0. The van der Waals surface area contributed by atoms with Gasteiger partial charge in [-0.25, -0.2) is 8.42 Å². The van der Waals surface area contributed by atoms with Crippen LogP contribution in [-0.2, 0) is 19.4 Å². The van der Waals surface area contributed by atoms with Crippen molar-refractivity contribution in [2.75, 3.05) is 18.8 Å². The molecule has 0 aliphatic carbocycles. The summed E-state index contributed by atoms with van der Waals surface area (Å²) < 4.78 is 23.8. The molecule has 0 spiro atoms. The molecule has 2 aliphatic heterocycles. The second-order valence-corrected chi connectivity index (χ2v) is 7.97.